The van der Waals surface area contributed by atoms with Crippen molar-refractivity contribution >= 4 is 32.4 Å². The maximum Gasteiger partial charge on any atom is 0.241 e. The van der Waals surface area contributed by atoms with E-state index in [2.05, 4.69) is 5.32 Å². The number of nitrogens with one attached hydrogen (secondary N) is 1. The van der Waals surface area contributed by atoms with Crippen molar-refractivity contribution in [3.8, 4) is 0 Å². The standard InChI is InChI=1S/C21H21FN2O3S/c1-15(16-10-12-18(22)13-11-16)23-21(25)14-24(28(2,26)27)20-9-5-7-17-6-3-4-8-19(17)20/h3-13,15H,14H2,1-2H3,(H,23,25)/t15-/m0/s1. The summed E-state index contributed by atoms with van der Waals surface area (Å²) in [5.74, 6) is -0.809. The molecule has 0 aliphatic heterocycles. The number of halogens is 1. The monoisotopic (exact) mass is 400 g/mol. The number of hydrogen-bond donors (Lipinski definition) is 1. The molecule has 1 amide bonds. The highest BCUT2D eigenvalue weighted by Gasteiger charge is 2.23. The summed E-state index contributed by atoms with van der Waals surface area (Å²) in [7, 11) is -3.69. The van der Waals surface area contributed by atoms with Gasteiger partial charge in [0.1, 0.15) is 12.4 Å². The summed E-state index contributed by atoms with van der Waals surface area (Å²) < 4.78 is 39.0. The fourth-order valence-corrected chi connectivity index (χ4v) is 3.93. The highest BCUT2D eigenvalue weighted by atomic mass is 32.2. The van der Waals surface area contributed by atoms with E-state index in [1.54, 1.807) is 31.2 Å². The second kappa shape index (κ2) is 7.98. The highest BCUT2D eigenvalue weighted by molar-refractivity contribution is 7.92. The van der Waals surface area contributed by atoms with Gasteiger partial charge in [-0.15, -0.1) is 0 Å². The van der Waals surface area contributed by atoms with E-state index in [1.165, 1.54) is 12.1 Å². The van der Waals surface area contributed by atoms with Crippen LogP contribution in [0.3, 0.4) is 0 Å². The predicted octanol–water partition coefficient (Wildman–Crippen LogP) is 3.62. The quantitative estimate of drug-likeness (QED) is 0.687. The third-order valence-corrected chi connectivity index (χ3v) is 5.60. The molecule has 0 unspecified atom stereocenters. The van der Waals surface area contributed by atoms with Gasteiger partial charge in [-0.05, 0) is 36.1 Å². The molecule has 0 spiro atoms. The number of carbonyl (C=O) groups excluding carboxylic acids is 1. The number of anilines is 1. The van der Waals surface area contributed by atoms with Gasteiger partial charge >= 0.3 is 0 Å². The summed E-state index contributed by atoms with van der Waals surface area (Å²) in [6.45, 7) is 1.41. The summed E-state index contributed by atoms with van der Waals surface area (Å²) in [5, 5.41) is 4.40. The van der Waals surface area contributed by atoms with Gasteiger partial charge < -0.3 is 5.32 Å². The van der Waals surface area contributed by atoms with E-state index in [4.69, 9.17) is 0 Å². The van der Waals surface area contributed by atoms with Gasteiger partial charge in [0.05, 0.1) is 18.0 Å². The minimum absolute atomic E-state index is 0.349. The van der Waals surface area contributed by atoms with Crippen molar-refractivity contribution < 1.29 is 17.6 Å². The van der Waals surface area contributed by atoms with Gasteiger partial charge in [-0.2, -0.15) is 0 Å². The van der Waals surface area contributed by atoms with E-state index in [9.17, 15) is 17.6 Å². The molecule has 0 fully saturated rings. The van der Waals surface area contributed by atoms with Crippen LogP contribution in [0.4, 0.5) is 10.1 Å². The van der Waals surface area contributed by atoms with Gasteiger partial charge in [0, 0.05) is 5.39 Å². The molecular formula is C21H21FN2O3S. The van der Waals surface area contributed by atoms with E-state index in [0.29, 0.717) is 5.69 Å². The summed E-state index contributed by atoms with van der Waals surface area (Å²) in [6.07, 6.45) is 1.07. The van der Waals surface area contributed by atoms with Crippen LogP contribution in [0, 0.1) is 5.82 Å². The molecule has 7 heteroatoms. The number of benzene rings is 3. The number of amides is 1. The van der Waals surface area contributed by atoms with Gasteiger partial charge in [0.15, 0.2) is 0 Å². The van der Waals surface area contributed by atoms with Crippen molar-refractivity contribution in [2.75, 3.05) is 17.1 Å². The lowest BCUT2D eigenvalue weighted by Crippen LogP contribution is -2.41. The Kier molecular flexibility index (Phi) is 5.65. The smallest absolute Gasteiger partial charge is 0.241 e. The molecule has 3 rings (SSSR count). The lowest BCUT2D eigenvalue weighted by atomic mass is 10.1. The van der Waals surface area contributed by atoms with Crippen molar-refractivity contribution in [1.82, 2.24) is 5.32 Å². The average Bonchev–Trinajstić information content (AvgIpc) is 2.65. The van der Waals surface area contributed by atoms with Crippen LogP contribution in [0.5, 0.6) is 0 Å². The van der Waals surface area contributed by atoms with Crippen molar-refractivity contribution in [3.05, 3.63) is 78.1 Å². The van der Waals surface area contributed by atoms with Crippen LogP contribution in [0.25, 0.3) is 10.8 Å². The molecule has 5 nitrogen and oxygen atoms in total. The first-order valence-corrected chi connectivity index (χ1v) is 10.6. The molecular weight excluding hydrogens is 379 g/mol. The number of nitrogens with zero attached hydrogens (tertiary/aromatic N) is 1. The molecule has 0 radical (unpaired) electrons. The van der Waals surface area contributed by atoms with Crippen LogP contribution in [-0.4, -0.2) is 27.1 Å². The van der Waals surface area contributed by atoms with Crippen LogP contribution in [0.15, 0.2) is 66.7 Å². The topological polar surface area (TPSA) is 66.5 Å². The third-order valence-electron chi connectivity index (χ3n) is 4.47. The van der Waals surface area contributed by atoms with E-state index in [0.717, 1.165) is 26.9 Å². The molecule has 0 saturated carbocycles. The Labute approximate surface area is 163 Å². The molecule has 0 aliphatic rings. The van der Waals surface area contributed by atoms with Crippen LogP contribution < -0.4 is 9.62 Å². The fraction of sp³-hybridized carbons (Fsp3) is 0.190. The Morgan fingerprint density at radius 2 is 1.68 bits per heavy atom. The normalized spacial score (nSPS) is 12.5. The van der Waals surface area contributed by atoms with Crippen LogP contribution in [0.2, 0.25) is 0 Å². The first-order valence-electron chi connectivity index (χ1n) is 8.76. The van der Waals surface area contributed by atoms with Crippen LogP contribution in [-0.2, 0) is 14.8 Å². The molecule has 3 aromatic carbocycles. The molecule has 1 atom stereocenters. The zero-order valence-corrected chi connectivity index (χ0v) is 16.4. The van der Waals surface area contributed by atoms with Crippen molar-refractivity contribution in [2.24, 2.45) is 0 Å². The molecule has 146 valence electrons. The van der Waals surface area contributed by atoms with Crippen LogP contribution in [0.1, 0.15) is 18.5 Å². The molecule has 0 saturated heterocycles. The van der Waals surface area contributed by atoms with Gasteiger partial charge in [-0.25, -0.2) is 12.8 Å². The molecule has 3 aromatic rings. The van der Waals surface area contributed by atoms with Gasteiger partial charge in [0.25, 0.3) is 0 Å². The van der Waals surface area contributed by atoms with E-state index < -0.39 is 15.9 Å². The minimum atomic E-state index is -3.69. The van der Waals surface area contributed by atoms with Crippen molar-refractivity contribution in [3.63, 3.8) is 0 Å². The first-order chi connectivity index (χ1) is 13.3. The van der Waals surface area contributed by atoms with Gasteiger partial charge in [0.2, 0.25) is 15.9 Å². The number of sulfonamides is 1. The molecule has 28 heavy (non-hydrogen) atoms. The first kappa shape index (κ1) is 19.8. The van der Waals surface area contributed by atoms with Gasteiger partial charge in [-0.1, -0.05) is 48.5 Å². The Morgan fingerprint density at radius 3 is 2.36 bits per heavy atom. The van der Waals surface area contributed by atoms with Gasteiger partial charge in [-0.3, -0.25) is 9.10 Å². The van der Waals surface area contributed by atoms with E-state index >= 15 is 0 Å². The number of carbonyl (C=O) groups is 1. The summed E-state index contributed by atoms with van der Waals surface area (Å²) in [4.78, 5) is 12.6. The lowest BCUT2D eigenvalue weighted by Gasteiger charge is -2.24. The zero-order valence-electron chi connectivity index (χ0n) is 15.6. The largest absolute Gasteiger partial charge is 0.348 e. The zero-order chi connectivity index (χ0) is 20.3. The number of rotatable bonds is 6. The second-order valence-corrected chi connectivity index (χ2v) is 8.52. The Balaban J connectivity index is 1.85. The Hall–Kier alpha value is -2.93. The fourth-order valence-electron chi connectivity index (χ4n) is 3.06. The lowest BCUT2D eigenvalue weighted by molar-refractivity contribution is -0.120. The molecule has 0 bridgehead atoms. The second-order valence-electron chi connectivity index (χ2n) is 6.61. The van der Waals surface area contributed by atoms with E-state index in [1.807, 2.05) is 30.3 Å². The van der Waals surface area contributed by atoms with Crippen molar-refractivity contribution in [1.29, 1.82) is 0 Å². The summed E-state index contributed by atoms with van der Waals surface area (Å²) in [5.41, 5.74) is 1.18. The average molecular weight is 400 g/mol. The van der Waals surface area contributed by atoms with Crippen LogP contribution >= 0.6 is 0 Å². The molecule has 0 aliphatic carbocycles. The third kappa shape index (κ3) is 4.48. The number of hydrogen-bond acceptors (Lipinski definition) is 3. The molecule has 0 heterocycles. The maximum atomic E-state index is 13.1. The Morgan fingerprint density at radius 1 is 1.04 bits per heavy atom. The van der Waals surface area contributed by atoms with E-state index in [-0.39, 0.29) is 18.4 Å². The summed E-state index contributed by atoms with van der Waals surface area (Å²) in [6, 6.07) is 18.1. The minimum Gasteiger partial charge on any atom is -0.348 e. The predicted molar refractivity (Wildman–Crippen MR) is 109 cm³/mol. The number of fused-ring (bicyclic) bond motifs is 1. The highest BCUT2D eigenvalue weighted by Crippen LogP contribution is 2.28. The van der Waals surface area contributed by atoms with Crippen molar-refractivity contribution in [2.45, 2.75) is 13.0 Å². The molecule has 0 aromatic heterocycles. The maximum absolute atomic E-state index is 13.1. The molecule has 1 N–H and O–H groups in total. The summed E-state index contributed by atoms with van der Waals surface area (Å²) >= 11 is 0. The SMILES string of the molecule is C[C@H](NC(=O)CN(c1cccc2ccccc12)S(C)(=O)=O)c1ccc(F)cc1. The Bertz CT molecular complexity index is 1090.